The lowest BCUT2D eigenvalue weighted by molar-refractivity contribution is -0.226. The number of esters is 1. The number of alkyl halides is 3. The summed E-state index contributed by atoms with van der Waals surface area (Å²) in [4.78, 5) is 10.5. The molecule has 0 aromatic carbocycles. The number of carbonyl (C=O) groups is 1. The second kappa shape index (κ2) is 6.73. The molecule has 0 saturated heterocycles. The molecule has 2 atom stereocenters. The van der Waals surface area contributed by atoms with Gasteiger partial charge in [-0.3, -0.25) is 0 Å². The minimum Gasteiger partial charge on any atom is -0.429 e. The Bertz CT molecular complexity index is 216. The van der Waals surface area contributed by atoms with Crippen molar-refractivity contribution in [3.8, 4) is 0 Å². The van der Waals surface area contributed by atoms with Gasteiger partial charge in [0.15, 0.2) is 0 Å². The first-order valence-corrected chi connectivity index (χ1v) is 5.28. The van der Waals surface area contributed by atoms with Gasteiger partial charge in [-0.2, -0.15) is 13.2 Å². The van der Waals surface area contributed by atoms with Crippen molar-refractivity contribution in [1.82, 2.24) is 0 Å². The van der Waals surface area contributed by atoms with Crippen LogP contribution < -0.4 is 0 Å². The van der Waals surface area contributed by atoms with E-state index in [0.717, 1.165) is 12.8 Å². The number of aliphatic hydroxyl groups is 1. The van der Waals surface area contributed by atoms with Gasteiger partial charge in [-0.05, 0) is 12.8 Å². The number of carbonyl (C=O) groups excluding carboxylic acids is 1. The van der Waals surface area contributed by atoms with Gasteiger partial charge in [0.05, 0.1) is 0 Å². The Kier molecular flexibility index (Phi) is 6.40. The molecule has 16 heavy (non-hydrogen) atoms. The van der Waals surface area contributed by atoms with Gasteiger partial charge >= 0.3 is 12.1 Å². The minimum atomic E-state index is -5.05. The standard InChI is InChI=1S/C10H17F3O3/c1-3-5-6-7(4-2)8(14)16-9(15)10(11,12)13/h7-8,14H,3-6H2,1-2H3. The van der Waals surface area contributed by atoms with Gasteiger partial charge in [0.1, 0.15) is 0 Å². The predicted octanol–water partition coefficient (Wildman–Crippen LogP) is 2.63. The van der Waals surface area contributed by atoms with E-state index in [1.807, 2.05) is 6.92 Å². The first kappa shape index (κ1) is 15.2. The van der Waals surface area contributed by atoms with E-state index < -0.39 is 24.4 Å². The lowest BCUT2D eigenvalue weighted by Crippen LogP contribution is -2.33. The molecule has 96 valence electrons. The third-order valence-electron chi connectivity index (χ3n) is 2.32. The molecule has 0 spiro atoms. The van der Waals surface area contributed by atoms with Gasteiger partial charge in [0.25, 0.3) is 0 Å². The quantitative estimate of drug-likeness (QED) is 0.575. The summed E-state index contributed by atoms with van der Waals surface area (Å²) >= 11 is 0. The Morgan fingerprint density at radius 1 is 1.38 bits per heavy atom. The summed E-state index contributed by atoms with van der Waals surface area (Å²) in [6.45, 7) is 3.66. The summed E-state index contributed by atoms with van der Waals surface area (Å²) in [5.41, 5.74) is 0. The molecular weight excluding hydrogens is 225 g/mol. The van der Waals surface area contributed by atoms with Crippen molar-refractivity contribution in [2.24, 2.45) is 5.92 Å². The summed E-state index contributed by atoms with van der Waals surface area (Å²) < 4.78 is 39.5. The molecule has 3 nitrogen and oxygen atoms in total. The van der Waals surface area contributed by atoms with Crippen molar-refractivity contribution < 1.29 is 27.8 Å². The Morgan fingerprint density at radius 3 is 2.31 bits per heavy atom. The van der Waals surface area contributed by atoms with Crippen LogP contribution in [0.15, 0.2) is 0 Å². The van der Waals surface area contributed by atoms with Crippen LogP contribution in [0.2, 0.25) is 0 Å². The third-order valence-corrected chi connectivity index (χ3v) is 2.32. The highest BCUT2D eigenvalue weighted by molar-refractivity contribution is 5.75. The number of halogens is 3. The van der Waals surface area contributed by atoms with Crippen molar-refractivity contribution in [3.05, 3.63) is 0 Å². The molecule has 0 aromatic heterocycles. The van der Waals surface area contributed by atoms with Crippen LogP contribution in [0.3, 0.4) is 0 Å². The van der Waals surface area contributed by atoms with Crippen LogP contribution in [0.5, 0.6) is 0 Å². The number of unbranched alkanes of at least 4 members (excludes halogenated alkanes) is 1. The Balaban J connectivity index is 4.20. The molecule has 0 aliphatic carbocycles. The largest absolute Gasteiger partial charge is 0.491 e. The van der Waals surface area contributed by atoms with Crippen LogP contribution in [0.4, 0.5) is 13.2 Å². The van der Waals surface area contributed by atoms with Gasteiger partial charge in [-0.25, -0.2) is 4.79 Å². The fourth-order valence-corrected chi connectivity index (χ4v) is 1.29. The van der Waals surface area contributed by atoms with Crippen LogP contribution >= 0.6 is 0 Å². The molecular formula is C10H17F3O3. The highest BCUT2D eigenvalue weighted by Gasteiger charge is 2.42. The van der Waals surface area contributed by atoms with E-state index in [1.165, 1.54) is 0 Å². The van der Waals surface area contributed by atoms with Crippen molar-refractivity contribution in [2.45, 2.75) is 52.0 Å². The molecule has 0 aliphatic heterocycles. The topological polar surface area (TPSA) is 46.5 Å². The molecule has 0 rings (SSSR count). The second-order valence-corrected chi connectivity index (χ2v) is 3.60. The Morgan fingerprint density at radius 2 is 1.94 bits per heavy atom. The van der Waals surface area contributed by atoms with Crippen LogP contribution in [0.25, 0.3) is 0 Å². The summed E-state index contributed by atoms with van der Waals surface area (Å²) in [5, 5.41) is 9.33. The van der Waals surface area contributed by atoms with Gasteiger partial charge < -0.3 is 9.84 Å². The van der Waals surface area contributed by atoms with Crippen LogP contribution in [0, 0.1) is 5.92 Å². The highest BCUT2D eigenvalue weighted by atomic mass is 19.4. The normalized spacial score (nSPS) is 15.6. The maximum atomic E-state index is 11.8. The van der Waals surface area contributed by atoms with Crippen molar-refractivity contribution in [3.63, 3.8) is 0 Å². The molecule has 0 fully saturated rings. The van der Waals surface area contributed by atoms with Gasteiger partial charge in [-0.1, -0.05) is 26.7 Å². The summed E-state index contributed by atoms with van der Waals surface area (Å²) in [5.74, 6) is -2.78. The number of rotatable bonds is 6. The fourth-order valence-electron chi connectivity index (χ4n) is 1.29. The number of aliphatic hydroxyl groups excluding tert-OH is 1. The van der Waals surface area contributed by atoms with E-state index in [0.29, 0.717) is 12.8 Å². The SMILES string of the molecule is CCCCC(CC)C(O)OC(=O)C(F)(F)F. The Labute approximate surface area is 92.6 Å². The smallest absolute Gasteiger partial charge is 0.429 e. The molecule has 6 heteroatoms. The van der Waals surface area contributed by atoms with E-state index in [4.69, 9.17) is 0 Å². The molecule has 0 amide bonds. The predicted molar refractivity (Wildman–Crippen MR) is 51.5 cm³/mol. The molecule has 1 N–H and O–H groups in total. The third kappa shape index (κ3) is 5.34. The molecule has 0 aliphatic rings. The molecule has 0 saturated carbocycles. The zero-order valence-corrected chi connectivity index (χ0v) is 9.38. The summed E-state index contributed by atoms with van der Waals surface area (Å²) in [6, 6.07) is 0. The van der Waals surface area contributed by atoms with Crippen molar-refractivity contribution in [2.75, 3.05) is 0 Å². The van der Waals surface area contributed by atoms with Crippen LogP contribution in [-0.4, -0.2) is 23.5 Å². The van der Waals surface area contributed by atoms with Gasteiger partial charge in [0.2, 0.25) is 6.29 Å². The van der Waals surface area contributed by atoms with Gasteiger partial charge in [-0.15, -0.1) is 0 Å². The summed E-state index contributed by atoms with van der Waals surface area (Å²) in [7, 11) is 0. The maximum Gasteiger partial charge on any atom is 0.491 e. The first-order valence-electron chi connectivity index (χ1n) is 5.28. The van der Waals surface area contributed by atoms with E-state index in [2.05, 4.69) is 4.74 Å². The van der Waals surface area contributed by atoms with E-state index in [-0.39, 0.29) is 0 Å². The number of hydrogen-bond acceptors (Lipinski definition) is 3. The number of hydrogen-bond donors (Lipinski definition) is 1. The lowest BCUT2D eigenvalue weighted by atomic mass is 9.99. The van der Waals surface area contributed by atoms with E-state index in [1.54, 1.807) is 6.92 Å². The van der Waals surface area contributed by atoms with Crippen molar-refractivity contribution >= 4 is 5.97 Å². The summed E-state index contributed by atoms with van der Waals surface area (Å²) in [6.07, 6.45) is -4.07. The van der Waals surface area contributed by atoms with Gasteiger partial charge in [0, 0.05) is 5.92 Å². The molecule has 0 bridgehead atoms. The lowest BCUT2D eigenvalue weighted by Gasteiger charge is -2.21. The average molecular weight is 242 g/mol. The minimum absolute atomic E-state index is 0.439. The highest BCUT2D eigenvalue weighted by Crippen LogP contribution is 2.22. The second-order valence-electron chi connectivity index (χ2n) is 3.60. The zero-order chi connectivity index (χ0) is 12.8. The van der Waals surface area contributed by atoms with E-state index >= 15 is 0 Å². The molecule has 0 aromatic rings. The van der Waals surface area contributed by atoms with Crippen LogP contribution in [0.1, 0.15) is 39.5 Å². The maximum absolute atomic E-state index is 11.8. The monoisotopic (exact) mass is 242 g/mol. The number of ether oxygens (including phenoxy) is 1. The van der Waals surface area contributed by atoms with Crippen LogP contribution in [-0.2, 0) is 9.53 Å². The van der Waals surface area contributed by atoms with E-state index in [9.17, 15) is 23.1 Å². The molecule has 0 radical (unpaired) electrons. The zero-order valence-electron chi connectivity index (χ0n) is 9.38. The fraction of sp³-hybridized carbons (Fsp3) is 0.900. The average Bonchev–Trinajstić information content (AvgIpc) is 2.17. The molecule has 2 unspecified atom stereocenters. The first-order chi connectivity index (χ1) is 7.32. The van der Waals surface area contributed by atoms with Crippen molar-refractivity contribution in [1.29, 1.82) is 0 Å². The molecule has 0 heterocycles. The Hall–Kier alpha value is -0.780.